The number of rotatable bonds is 10. The molecule has 0 rings (SSSR count). The van der Waals surface area contributed by atoms with Crippen LogP contribution in [0.5, 0.6) is 0 Å². The minimum Gasteiger partial charge on any atom is -0.465 e. The average Bonchev–Trinajstić information content (AvgIpc) is 2.42. The molecule has 24 heavy (non-hydrogen) atoms. The van der Waals surface area contributed by atoms with Crippen LogP contribution in [0.25, 0.3) is 0 Å². The van der Waals surface area contributed by atoms with Crippen LogP contribution in [0.3, 0.4) is 0 Å². The third-order valence-corrected chi connectivity index (χ3v) is 3.69. The van der Waals surface area contributed by atoms with Crippen LogP contribution in [0.2, 0.25) is 0 Å². The number of carbonyl (C=O) groups is 1. The van der Waals surface area contributed by atoms with Gasteiger partial charge in [-0.2, -0.15) is 51.3 Å². The first kappa shape index (κ1) is 23.2. The van der Waals surface area contributed by atoms with Gasteiger partial charge in [0.1, 0.15) is 0 Å². The van der Waals surface area contributed by atoms with E-state index >= 15 is 0 Å². The van der Waals surface area contributed by atoms with Gasteiger partial charge in [-0.3, -0.25) is 4.79 Å². The monoisotopic (exact) mass is 394 g/mol. The number of hydrogen-bond donors (Lipinski definition) is 0. The molecule has 0 aliphatic rings. The molecule has 0 radical (unpaired) electrons. The van der Waals surface area contributed by atoms with Crippen LogP contribution < -0.4 is 0 Å². The summed E-state index contributed by atoms with van der Waals surface area (Å²) in [6, 6.07) is 0. The molecule has 144 valence electrons. The van der Waals surface area contributed by atoms with Crippen molar-refractivity contribution in [2.24, 2.45) is 0 Å². The summed E-state index contributed by atoms with van der Waals surface area (Å²) in [4.78, 5) is 11.0. The van der Waals surface area contributed by atoms with Crippen molar-refractivity contribution in [2.75, 3.05) is 18.1 Å². The van der Waals surface area contributed by atoms with Gasteiger partial charge >= 0.3 is 29.9 Å². The molecule has 0 spiro atoms. The molecule has 0 bridgehead atoms. The zero-order chi connectivity index (χ0) is 19.2. The Kier molecular flexibility index (Phi) is 8.24. The molecule has 0 saturated carbocycles. The van der Waals surface area contributed by atoms with E-state index < -0.39 is 42.8 Å². The maximum Gasteiger partial charge on any atom is 0.460 e. The van der Waals surface area contributed by atoms with Gasteiger partial charge in [0, 0.05) is 6.42 Å². The van der Waals surface area contributed by atoms with E-state index in [0.717, 1.165) is 0 Å². The van der Waals surface area contributed by atoms with E-state index in [-0.39, 0.29) is 18.1 Å². The van der Waals surface area contributed by atoms with E-state index in [0.29, 0.717) is 18.2 Å². The Labute approximate surface area is 136 Å². The van der Waals surface area contributed by atoms with Gasteiger partial charge in [0.05, 0.1) is 12.4 Å². The van der Waals surface area contributed by atoms with Crippen molar-refractivity contribution >= 4 is 17.7 Å². The molecule has 0 fully saturated rings. The van der Waals surface area contributed by atoms with Crippen molar-refractivity contribution in [1.82, 2.24) is 0 Å². The molecule has 0 aromatic carbocycles. The molecule has 12 heteroatoms. The summed E-state index contributed by atoms with van der Waals surface area (Å²) in [5, 5.41) is 0. The average molecular weight is 394 g/mol. The Balaban J connectivity index is 4.51. The molecule has 0 atom stereocenters. The third-order valence-electron chi connectivity index (χ3n) is 2.68. The standard InChI is InChI=1S/C12H15F9O2S/c1-2-5-23-8(22)7-24-6-3-4-9(13,14)10(15,16)11(17,18)12(19,20)21/h2-7H2,1H3. The highest BCUT2D eigenvalue weighted by Crippen LogP contribution is 2.54. The van der Waals surface area contributed by atoms with Crippen LogP contribution in [0, 0.1) is 0 Å². The first-order valence-corrected chi connectivity index (χ1v) is 7.79. The van der Waals surface area contributed by atoms with E-state index in [1.165, 1.54) is 0 Å². The number of hydrogen-bond acceptors (Lipinski definition) is 3. The lowest BCUT2D eigenvalue weighted by Crippen LogP contribution is -2.60. The van der Waals surface area contributed by atoms with Crippen LogP contribution in [0.1, 0.15) is 26.2 Å². The molecular weight excluding hydrogens is 379 g/mol. The fraction of sp³-hybridized carbons (Fsp3) is 0.917. The van der Waals surface area contributed by atoms with Gasteiger partial charge in [-0.25, -0.2) is 0 Å². The van der Waals surface area contributed by atoms with Crippen LogP contribution in [-0.2, 0) is 9.53 Å². The third kappa shape index (κ3) is 5.62. The number of alkyl halides is 9. The maximum absolute atomic E-state index is 13.1. The van der Waals surface area contributed by atoms with Gasteiger partial charge in [0.25, 0.3) is 0 Å². The first-order chi connectivity index (χ1) is 10.7. The smallest absolute Gasteiger partial charge is 0.460 e. The molecule has 0 amide bonds. The van der Waals surface area contributed by atoms with Gasteiger partial charge < -0.3 is 4.74 Å². The van der Waals surface area contributed by atoms with Crippen LogP contribution in [-0.4, -0.2) is 48.0 Å². The Morgan fingerprint density at radius 2 is 1.50 bits per heavy atom. The van der Waals surface area contributed by atoms with Crippen LogP contribution in [0.4, 0.5) is 39.5 Å². The summed E-state index contributed by atoms with van der Waals surface area (Å²) < 4.78 is 118. The lowest BCUT2D eigenvalue weighted by molar-refractivity contribution is -0.396. The number of thioether (sulfide) groups is 1. The van der Waals surface area contributed by atoms with Crippen molar-refractivity contribution in [3.05, 3.63) is 0 Å². The van der Waals surface area contributed by atoms with Crippen molar-refractivity contribution in [3.8, 4) is 0 Å². The van der Waals surface area contributed by atoms with Crippen molar-refractivity contribution < 1.29 is 49.0 Å². The van der Waals surface area contributed by atoms with Crippen molar-refractivity contribution in [1.29, 1.82) is 0 Å². The minimum absolute atomic E-state index is 0.135. The van der Waals surface area contributed by atoms with Gasteiger partial charge in [-0.05, 0) is 18.6 Å². The summed E-state index contributed by atoms with van der Waals surface area (Å²) in [6.07, 6.45) is -8.94. The Bertz CT molecular complexity index is 410. The molecule has 0 aliphatic carbocycles. The summed E-state index contributed by atoms with van der Waals surface area (Å²) in [7, 11) is 0. The molecule has 0 unspecified atom stereocenters. The zero-order valence-electron chi connectivity index (χ0n) is 12.4. The zero-order valence-corrected chi connectivity index (χ0v) is 13.2. The van der Waals surface area contributed by atoms with Gasteiger partial charge in [-0.1, -0.05) is 6.92 Å². The highest BCUT2D eigenvalue weighted by Gasteiger charge is 2.81. The summed E-state index contributed by atoms with van der Waals surface area (Å²) in [5.41, 5.74) is 0. The Morgan fingerprint density at radius 1 is 0.958 bits per heavy atom. The molecule has 0 saturated heterocycles. The first-order valence-electron chi connectivity index (χ1n) is 6.64. The number of esters is 1. The quantitative estimate of drug-likeness (QED) is 0.299. The summed E-state index contributed by atoms with van der Waals surface area (Å²) in [5.74, 6) is -20.3. The minimum atomic E-state index is -6.86. The molecular formula is C12H15F9O2S. The van der Waals surface area contributed by atoms with Crippen molar-refractivity contribution in [2.45, 2.75) is 50.1 Å². The summed E-state index contributed by atoms with van der Waals surface area (Å²) in [6.45, 7) is 1.86. The number of carbonyl (C=O) groups excluding carboxylic acids is 1. The Hall–Kier alpha value is -0.810. The fourth-order valence-electron chi connectivity index (χ4n) is 1.37. The normalized spacial score (nSPS) is 13.9. The van der Waals surface area contributed by atoms with Crippen LogP contribution in [0.15, 0.2) is 0 Å². The van der Waals surface area contributed by atoms with E-state index in [4.69, 9.17) is 0 Å². The molecule has 0 heterocycles. The largest absolute Gasteiger partial charge is 0.465 e. The number of halogens is 9. The second kappa shape index (κ2) is 8.52. The van der Waals surface area contributed by atoms with Gasteiger partial charge in [0.15, 0.2) is 0 Å². The van der Waals surface area contributed by atoms with E-state index in [9.17, 15) is 44.3 Å². The lowest BCUT2D eigenvalue weighted by Gasteiger charge is -2.33. The summed E-state index contributed by atoms with van der Waals surface area (Å²) >= 11 is 0.714. The predicted molar refractivity (Wildman–Crippen MR) is 68.7 cm³/mol. The van der Waals surface area contributed by atoms with E-state index in [2.05, 4.69) is 4.74 Å². The maximum atomic E-state index is 13.1. The lowest BCUT2D eigenvalue weighted by atomic mass is 10.00. The molecule has 0 aromatic rings. The van der Waals surface area contributed by atoms with E-state index in [1.807, 2.05) is 0 Å². The second-order valence-corrected chi connectivity index (χ2v) is 5.83. The molecule has 0 aromatic heterocycles. The highest BCUT2D eigenvalue weighted by molar-refractivity contribution is 7.99. The SMILES string of the molecule is CCCOC(=O)CSCCCC(F)(F)C(F)(F)C(F)(F)C(F)(F)F. The van der Waals surface area contributed by atoms with Crippen LogP contribution >= 0.6 is 11.8 Å². The predicted octanol–water partition coefficient (Wildman–Crippen LogP) is 4.92. The number of ether oxygens (including phenoxy) is 1. The van der Waals surface area contributed by atoms with Gasteiger partial charge in [0.2, 0.25) is 0 Å². The highest BCUT2D eigenvalue weighted by atomic mass is 32.2. The van der Waals surface area contributed by atoms with Gasteiger partial charge in [-0.15, -0.1) is 0 Å². The van der Waals surface area contributed by atoms with Crippen molar-refractivity contribution in [3.63, 3.8) is 0 Å². The topological polar surface area (TPSA) is 26.3 Å². The molecule has 0 N–H and O–H groups in total. The fourth-order valence-corrected chi connectivity index (χ4v) is 2.12. The second-order valence-electron chi connectivity index (χ2n) is 4.73. The molecule has 0 aliphatic heterocycles. The molecule has 2 nitrogen and oxygen atoms in total. The van der Waals surface area contributed by atoms with E-state index in [1.54, 1.807) is 6.92 Å². The Morgan fingerprint density at radius 3 is 1.96 bits per heavy atom.